The van der Waals surface area contributed by atoms with Crippen LogP contribution in [0.25, 0.3) is 0 Å². The highest BCUT2D eigenvalue weighted by Crippen LogP contribution is 2.19. The lowest BCUT2D eigenvalue weighted by Crippen LogP contribution is -2.24. The molecule has 0 saturated carbocycles. The minimum atomic E-state index is 0.106. The molecule has 1 heterocycles. The molecule has 2 heteroatoms. The van der Waals surface area contributed by atoms with Crippen LogP contribution in [-0.2, 0) is 12.0 Å². The second kappa shape index (κ2) is 4.16. The molecule has 0 aliphatic rings. The summed E-state index contributed by atoms with van der Waals surface area (Å²) in [5.74, 6) is 0. The maximum absolute atomic E-state index is 4.46. The number of aromatic nitrogens is 2. The molecule has 0 unspecified atom stereocenters. The van der Waals surface area contributed by atoms with Crippen molar-refractivity contribution in [1.29, 1.82) is 0 Å². The highest BCUT2D eigenvalue weighted by atomic mass is 15.3. The number of hydrogen-bond acceptors (Lipinski definition) is 1. The zero-order valence-corrected chi connectivity index (χ0v) is 10.1. The quantitative estimate of drug-likeness (QED) is 0.722. The predicted molar refractivity (Wildman–Crippen MR) is 60.6 cm³/mol. The summed E-state index contributed by atoms with van der Waals surface area (Å²) in [4.78, 5) is 0. The summed E-state index contributed by atoms with van der Waals surface area (Å²) in [6, 6.07) is 0. The monoisotopic (exact) mass is 194 g/mol. The van der Waals surface area contributed by atoms with Gasteiger partial charge in [-0.05, 0) is 46.1 Å². The van der Waals surface area contributed by atoms with Crippen molar-refractivity contribution >= 4 is 0 Å². The molecule has 0 saturated heterocycles. The van der Waals surface area contributed by atoms with Crippen molar-refractivity contribution in [2.75, 3.05) is 0 Å². The standard InChI is InChI=1S/C12H22N2/c1-6-7-8-11-9-13-14(10(11)2)12(3,4)5/h9H,6-8H2,1-5H3. The van der Waals surface area contributed by atoms with Crippen LogP contribution in [0.2, 0.25) is 0 Å². The van der Waals surface area contributed by atoms with Gasteiger partial charge in [0.15, 0.2) is 0 Å². The second-order valence-corrected chi connectivity index (χ2v) is 4.94. The van der Waals surface area contributed by atoms with Crippen molar-refractivity contribution in [2.24, 2.45) is 0 Å². The van der Waals surface area contributed by atoms with Crippen molar-refractivity contribution in [3.8, 4) is 0 Å². The molecule has 0 aliphatic carbocycles. The maximum atomic E-state index is 4.46. The van der Waals surface area contributed by atoms with E-state index in [1.165, 1.54) is 30.5 Å². The van der Waals surface area contributed by atoms with Gasteiger partial charge in [-0.15, -0.1) is 0 Å². The fourth-order valence-electron chi connectivity index (χ4n) is 1.73. The van der Waals surface area contributed by atoms with Crippen molar-refractivity contribution in [3.05, 3.63) is 17.5 Å². The number of hydrogen-bond donors (Lipinski definition) is 0. The lowest BCUT2D eigenvalue weighted by Gasteiger charge is -2.21. The number of rotatable bonds is 3. The van der Waals surface area contributed by atoms with E-state index < -0.39 is 0 Å². The summed E-state index contributed by atoms with van der Waals surface area (Å²) < 4.78 is 2.12. The van der Waals surface area contributed by atoms with Crippen LogP contribution in [-0.4, -0.2) is 9.78 Å². The van der Waals surface area contributed by atoms with Crippen molar-refractivity contribution in [2.45, 2.75) is 59.4 Å². The van der Waals surface area contributed by atoms with E-state index in [9.17, 15) is 0 Å². The summed E-state index contributed by atoms with van der Waals surface area (Å²) in [5.41, 5.74) is 2.84. The van der Waals surface area contributed by atoms with Gasteiger partial charge < -0.3 is 0 Å². The number of aryl methyl sites for hydroxylation is 1. The molecule has 0 radical (unpaired) electrons. The SMILES string of the molecule is CCCCc1cnn(C(C)(C)C)c1C. The molecule has 1 aromatic heterocycles. The Hall–Kier alpha value is -0.790. The van der Waals surface area contributed by atoms with Crippen LogP contribution < -0.4 is 0 Å². The highest BCUT2D eigenvalue weighted by Gasteiger charge is 2.17. The summed E-state index contributed by atoms with van der Waals surface area (Å²) in [7, 11) is 0. The zero-order valence-electron chi connectivity index (χ0n) is 10.1. The van der Waals surface area contributed by atoms with E-state index >= 15 is 0 Å². The lowest BCUT2D eigenvalue weighted by atomic mass is 10.1. The van der Waals surface area contributed by atoms with Crippen LogP contribution in [0.1, 0.15) is 51.8 Å². The molecule has 0 fully saturated rings. The van der Waals surface area contributed by atoms with Gasteiger partial charge in [-0.1, -0.05) is 13.3 Å². The largest absolute Gasteiger partial charge is 0.264 e. The van der Waals surface area contributed by atoms with Gasteiger partial charge in [0.05, 0.1) is 11.7 Å². The van der Waals surface area contributed by atoms with Crippen LogP contribution in [0, 0.1) is 6.92 Å². The predicted octanol–water partition coefficient (Wildman–Crippen LogP) is 3.29. The average Bonchev–Trinajstić information content (AvgIpc) is 2.42. The number of unbranched alkanes of at least 4 members (excludes halogenated alkanes) is 1. The second-order valence-electron chi connectivity index (χ2n) is 4.94. The van der Waals surface area contributed by atoms with Crippen molar-refractivity contribution < 1.29 is 0 Å². The molecule has 0 spiro atoms. The molecular formula is C12H22N2. The van der Waals surface area contributed by atoms with E-state index in [-0.39, 0.29) is 5.54 Å². The third kappa shape index (κ3) is 2.37. The molecule has 0 aromatic carbocycles. The number of nitrogens with zero attached hydrogens (tertiary/aromatic N) is 2. The summed E-state index contributed by atoms with van der Waals surface area (Å²) in [5, 5.41) is 4.46. The Bertz CT molecular complexity index is 292. The van der Waals surface area contributed by atoms with E-state index in [2.05, 4.69) is 44.4 Å². The van der Waals surface area contributed by atoms with Gasteiger partial charge in [0.2, 0.25) is 0 Å². The van der Waals surface area contributed by atoms with Gasteiger partial charge in [-0.25, -0.2) is 0 Å². The van der Waals surface area contributed by atoms with E-state index in [0.717, 1.165) is 0 Å². The van der Waals surface area contributed by atoms with E-state index in [4.69, 9.17) is 0 Å². The first kappa shape index (κ1) is 11.3. The summed E-state index contributed by atoms with van der Waals surface area (Å²) in [6.07, 6.45) is 5.70. The molecule has 14 heavy (non-hydrogen) atoms. The topological polar surface area (TPSA) is 17.8 Å². The van der Waals surface area contributed by atoms with Gasteiger partial charge in [-0.3, -0.25) is 4.68 Å². The molecular weight excluding hydrogens is 172 g/mol. The zero-order chi connectivity index (χ0) is 10.8. The van der Waals surface area contributed by atoms with E-state index in [1.54, 1.807) is 0 Å². The van der Waals surface area contributed by atoms with Gasteiger partial charge in [0, 0.05) is 5.69 Å². The fraction of sp³-hybridized carbons (Fsp3) is 0.750. The normalized spacial score (nSPS) is 12.1. The minimum absolute atomic E-state index is 0.106. The van der Waals surface area contributed by atoms with Crippen LogP contribution in [0.4, 0.5) is 0 Å². The van der Waals surface area contributed by atoms with Crippen molar-refractivity contribution in [1.82, 2.24) is 9.78 Å². The maximum Gasteiger partial charge on any atom is 0.0546 e. The Kier molecular flexibility index (Phi) is 3.35. The Morgan fingerprint density at radius 3 is 2.43 bits per heavy atom. The Morgan fingerprint density at radius 1 is 1.36 bits per heavy atom. The molecule has 1 rings (SSSR count). The minimum Gasteiger partial charge on any atom is -0.264 e. The highest BCUT2D eigenvalue weighted by molar-refractivity contribution is 5.17. The van der Waals surface area contributed by atoms with Gasteiger partial charge in [-0.2, -0.15) is 5.10 Å². The van der Waals surface area contributed by atoms with Crippen LogP contribution >= 0.6 is 0 Å². The molecule has 0 N–H and O–H groups in total. The smallest absolute Gasteiger partial charge is 0.0546 e. The first-order chi connectivity index (χ1) is 6.46. The summed E-state index contributed by atoms with van der Waals surface area (Å²) in [6.45, 7) is 11.0. The van der Waals surface area contributed by atoms with Crippen molar-refractivity contribution in [3.63, 3.8) is 0 Å². The molecule has 0 atom stereocenters. The van der Waals surface area contributed by atoms with Gasteiger partial charge >= 0.3 is 0 Å². The van der Waals surface area contributed by atoms with Crippen LogP contribution in [0.3, 0.4) is 0 Å². The van der Waals surface area contributed by atoms with E-state index in [1.807, 2.05) is 6.20 Å². The van der Waals surface area contributed by atoms with Crippen LogP contribution in [0.5, 0.6) is 0 Å². The first-order valence-electron chi connectivity index (χ1n) is 5.50. The fourth-order valence-corrected chi connectivity index (χ4v) is 1.73. The average molecular weight is 194 g/mol. The molecule has 80 valence electrons. The third-order valence-corrected chi connectivity index (χ3v) is 2.55. The molecule has 1 aromatic rings. The molecule has 0 amide bonds. The van der Waals surface area contributed by atoms with Gasteiger partial charge in [0.1, 0.15) is 0 Å². The Morgan fingerprint density at radius 2 is 2.00 bits per heavy atom. The Labute approximate surface area is 87.3 Å². The Balaban J connectivity index is 2.86. The van der Waals surface area contributed by atoms with E-state index in [0.29, 0.717) is 0 Å². The van der Waals surface area contributed by atoms with Gasteiger partial charge in [0.25, 0.3) is 0 Å². The molecule has 0 bridgehead atoms. The molecule has 0 aliphatic heterocycles. The summed E-state index contributed by atoms with van der Waals surface area (Å²) >= 11 is 0. The first-order valence-corrected chi connectivity index (χ1v) is 5.50. The third-order valence-electron chi connectivity index (χ3n) is 2.55. The lowest BCUT2D eigenvalue weighted by molar-refractivity contribution is 0.347. The molecule has 2 nitrogen and oxygen atoms in total. The van der Waals surface area contributed by atoms with Crippen LogP contribution in [0.15, 0.2) is 6.20 Å².